The van der Waals surface area contributed by atoms with Crippen LogP contribution in [0.5, 0.6) is 5.75 Å². The Morgan fingerprint density at radius 3 is 2.78 bits per heavy atom. The van der Waals surface area contributed by atoms with Crippen LogP contribution in [0.2, 0.25) is 0 Å². The summed E-state index contributed by atoms with van der Waals surface area (Å²) in [5.41, 5.74) is 1.93. The maximum absolute atomic E-state index is 13.6. The molecule has 2 aromatic carbocycles. The normalized spacial score (nSPS) is 21.4. The van der Waals surface area contributed by atoms with Crippen LogP contribution >= 0.6 is 0 Å². The number of aliphatic hydroxyl groups excluding tert-OH is 2. The molecule has 3 aromatic rings. The predicted octanol–water partition coefficient (Wildman–Crippen LogP) is 2.11. The van der Waals surface area contributed by atoms with Gasteiger partial charge >= 0.3 is 0 Å². The summed E-state index contributed by atoms with van der Waals surface area (Å²) >= 11 is 0. The van der Waals surface area contributed by atoms with Crippen LogP contribution in [0, 0.1) is 5.82 Å². The summed E-state index contributed by atoms with van der Waals surface area (Å²) in [5, 5.41) is 32.1. The number of nitrogens with zero attached hydrogens (tertiary/aromatic N) is 4. The lowest BCUT2D eigenvalue weighted by atomic mass is 9.94. The van der Waals surface area contributed by atoms with E-state index in [0.29, 0.717) is 30.8 Å². The number of hydrogen-bond acceptors (Lipinski definition) is 8. The highest BCUT2D eigenvalue weighted by atomic mass is 19.1. The molecule has 1 saturated heterocycles. The van der Waals surface area contributed by atoms with Gasteiger partial charge in [0, 0.05) is 31.4 Å². The van der Waals surface area contributed by atoms with Crippen molar-refractivity contribution in [1.82, 2.24) is 19.9 Å². The number of ether oxygens (including phenoxy) is 2. The van der Waals surface area contributed by atoms with Gasteiger partial charge in [-0.25, -0.2) is 9.07 Å². The van der Waals surface area contributed by atoms with E-state index >= 15 is 0 Å². The first kappa shape index (κ1) is 26.5. The van der Waals surface area contributed by atoms with Gasteiger partial charge < -0.3 is 29.9 Å². The molecule has 37 heavy (non-hydrogen) atoms. The molecule has 2 heterocycles. The smallest absolute Gasteiger partial charge is 0.224 e. The molecule has 4 atom stereocenters. The lowest BCUT2D eigenvalue weighted by molar-refractivity contribution is -0.165. The predicted molar refractivity (Wildman–Crippen MR) is 135 cm³/mol. The maximum atomic E-state index is 13.6. The van der Waals surface area contributed by atoms with Crippen molar-refractivity contribution in [2.45, 2.75) is 37.2 Å². The van der Waals surface area contributed by atoms with E-state index in [1.54, 1.807) is 37.4 Å². The second-order valence-electron chi connectivity index (χ2n) is 9.04. The van der Waals surface area contributed by atoms with Crippen LogP contribution < -0.4 is 10.1 Å². The van der Waals surface area contributed by atoms with Crippen LogP contribution in [0.15, 0.2) is 54.7 Å². The van der Waals surface area contributed by atoms with Crippen LogP contribution in [-0.2, 0) is 9.53 Å². The fourth-order valence-corrected chi connectivity index (χ4v) is 4.36. The number of methoxy groups -OCH3 is 1. The third-order valence-electron chi connectivity index (χ3n) is 6.49. The Bertz CT molecular complexity index is 1170. The summed E-state index contributed by atoms with van der Waals surface area (Å²) in [6.07, 6.45) is -0.447. The highest BCUT2D eigenvalue weighted by molar-refractivity contribution is 5.76. The largest absolute Gasteiger partial charge is 0.497 e. The number of carbonyl (C=O) groups excluding carboxylic acids is 1. The molecule has 1 amide bonds. The zero-order valence-electron chi connectivity index (χ0n) is 20.8. The number of likely N-dealkylation sites (N-methyl/N-ethyl adjacent to an activating group) is 1. The van der Waals surface area contributed by atoms with Gasteiger partial charge in [0.05, 0.1) is 38.5 Å². The Labute approximate surface area is 214 Å². The van der Waals surface area contributed by atoms with E-state index in [2.05, 4.69) is 15.6 Å². The highest BCUT2D eigenvalue weighted by Crippen LogP contribution is 2.32. The monoisotopic (exact) mass is 513 g/mol. The van der Waals surface area contributed by atoms with Gasteiger partial charge in [-0.1, -0.05) is 17.3 Å². The van der Waals surface area contributed by atoms with E-state index in [9.17, 15) is 19.4 Å². The van der Waals surface area contributed by atoms with Gasteiger partial charge in [-0.15, -0.1) is 5.10 Å². The van der Waals surface area contributed by atoms with E-state index < -0.39 is 31.0 Å². The van der Waals surface area contributed by atoms with Crippen LogP contribution in [0.3, 0.4) is 0 Å². The maximum Gasteiger partial charge on any atom is 0.224 e. The number of halogens is 1. The molecular formula is C26H32FN5O5. The van der Waals surface area contributed by atoms with Crippen LogP contribution in [-0.4, -0.2) is 88.2 Å². The third-order valence-corrected chi connectivity index (χ3v) is 6.49. The van der Waals surface area contributed by atoms with Crippen molar-refractivity contribution in [3.63, 3.8) is 0 Å². The van der Waals surface area contributed by atoms with Gasteiger partial charge in [0.15, 0.2) is 0 Å². The Morgan fingerprint density at radius 2 is 2.08 bits per heavy atom. The lowest BCUT2D eigenvalue weighted by Crippen LogP contribution is -2.49. The average Bonchev–Trinajstić information content (AvgIpc) is 3.40. The van der Waals surface area contributed by atoms with Crippen molar-refractivity contribution in [2.75, 3.05) is 39.2 Å². The van der Waals surface area contributed by atoms with Gasteiger partial charge in [0.25, 0.3) is 0 Å². The van der Waals surface area contributed by atoms with Crippen molar-refractivity contribution in [3.8, 4) is 17.0 Å². The summed E-state index contributed by atoms with van der Waals surface area (Å²) < 4.78 is 26.1. The van der Waals surface area contributed by atoms with Gasteiger partial charge in [0.2, 0.25) is 5.91 Å². The number of rotatable bonds is 10. The summed E-state index contributed by atoms with van der Waals surface area (Å²) in [6.45, 7) is 0.630. The van der Waals surface area contributed by atoms with E-state index in [1.165, 1.54) is 16.8 Å². The first-order valence-electron chi connectivity index (χ1n) is 12.1. The van der Waals surface area contributed by atoms with Gasteiger partial charge in [-0.2, -0.15) is 0 Å². The van der Waals surface area contributed by atoms with Crippen LogP contribution in [0.4, 0.5) is 10.1 Å². The molecule has 1 fully saturated rings. The molecule has 3 N–H and O–H groups in total. The Kier molecular flexibility index (Phi) is 8.70. The lowest BCUT2D eigenvalue weighted by Gasteiger charge is -2.38. The van der Waals surface area contributed by atoms with Crippen molar-refractivity contribution in [2.24, 2.45) is 0 Å². The highest BCUT2D eigenvalue weighted by Gasteiger charge is 2.40. The molecule has 0 spiro atoms. The van der Waals surface area contributed by atoms with Gasteiger partial charge in [0.1, 0.15) is 29.5 Å². The van der Waals surface area contributed by atoms with E-state index in [-0.39, 0.29) is 18.1 Å². The first-order chi connectivity index (χ1) is 17.9. The van der Waals surface area contributed by atoms with Gasteiger partial charge in [-0.3, -0.25) is 4.79 Å². The standard InChI is InChI=1S/C26H32FN5O5/c1-31(11-10-28-19-6-8-20(36-2)9-7-19)25(34)14-21-13-23(26(35)24(16-33)37-21)32-15-22(29-30-32)17-4-3-5-18(27)12-17/h3-9,12,15,21,23-24,26,28,33,35H,10-11,13-14,16H2,1-2H3/t21-,23-,24-,26-/m1/s1. The Hall–Kier alpha value is -3.54. The van der Waals surface area contributed by atoms with Crippen molar-refractivity contribution in [1.29, 1.82) is 0 Å². The quantitative estimate of drug-likeness (QED) is 0.377. The molecule has 0 saturated carbocycles. The molecule has 0 radical (unpaired) electrons. The summed E-state index contributed by atoms with van der Waals surface area (Å²) in [7, 11) is 3.33. The van der Waals surface area contributed by atoms with E-state index in [1.807, 2.05) is 24.3 Å². The zero-order chi connectivity index (χ0) is 26.4. The molecule has 10 nitrogen and oxygen atoms in total. The molecule has 1 aliphatic heterocycles. The summed E-state index contributed by atoms with van der Waals surface area (Å²) in [5.74, 6) is 0.263. The number of aromatic nitrogens is 3. The molecule has 1 aliphatic rings. The number of nitrogens with one attached hydrogen (secondary N) is 1. The molecule has 1 aromatic heterocycles. The third kappa shape index (κ3) is 6.62. The summed E-state index contributed by atoms with van der Waals surface area (Å²) in [4.78, 5) is 14.5. The summed E-state index contributed by atoms with van der Waals surface area (Å²) in [6, 6.07) is 12.9. The van der Waals surface area contributed by atoms with Crippen LogP contribution in [0.1, 0.15) is 18.9 Å². The number of carbonyl (C=O) groups is 1. The van der Waals surface area contributed by atoms with Crippen molar-refractivity contribution in [3.05, 3.63) is 60.5 Å². The molecule has 11 heteroatoms. The van der Waals surface area contributed by atoms with Crippen molar-refractivity contribution >= 4 is 11.6 Å². The first-order valence-corrected chi connectivity index (χ1v) is 12.1. The number of anilines is 1. The molecule has 0 unspecified atom stereocenters. The molecule has 198 valence electrons. The van der Waals surface area contributed by atoms with E-state index in [0.717, 1.165) is 11.4 Å². The number of amides is 1. The Morgan fingerprint density at radius 1 is 1.30 bits per heavy atom. The van der Waals surface area contributed by atoms with Crippen LogP contribution in [0.25, 0.3) is 11.3 Å². The average molecular weight is 514 g/mol. The second kappa shape index (κ2) is 12.1. The minimum Gasteiger partial charge on any atom is -0.497 e. The molecule has 0 bridgehead atoms. The molecule has 0 aliphatic carbocycles. The number of benzene rings is 2. The molecule has 4 rings (SSSR count). The fourth-order valence-electron chi connectivity index (χ4n) is 4.36. The minimum atomic E-state index is -1.05. The van der Waals surface area contributed by atoms with Gasteiger partial charge in [-0.05, 0) is 42.8 Å². The number of aliphatic hydroxyl groups is 2. The molecular weight excluding hydrogens is 481 g/mol. The second-order valence-corrected chi connectivity index (χ2v) is 9.04. The minimum absolute atomic E-state index is 0.0875. The Balaban J connectivity index is 1.35. The topological polar surface area (TPSA) is 122 Å². The van der Waals surface area contributed by atoms with E-state index in [4.69, 9.17) is 9.47 Å². The number of hydrogen-bond donors (Lipinski definition) is 3. The SMILES string of the molecule is COc1ccc(NCCN(C)C(=O)C[C@H]2C[C@@H](n3cc(-c4cccc(F)c4)nn3)[C@@H](O)[C@@H](CO)O2)cc1. The zero-order valence-corrected chi connectivity index (χ0v) is 20.8. The van der Waals surface area contributed by atoms with Crippen molar-refractivity contribution < 1.29 is 28.9 Å². The fraction of sp³-hybridized carbons (Fsp3) is 0.423.